The van der Waals surface area contributed by atoms with Crippen LogP contribution in [0.3, 0.4) is 0 Å². The minimum absolute atomic E-state index is 0.263. The van der Waals surface area contributed by atoms with Crippen molar-refractivity contribution >= 4 is 23.0 Å². The van der Waals surface area contributed by atoms with E-state index in [-0.39, 0.29) is 5.91 Å². The predicted molar refractivity (Wildman–Crippen MR) is 104 cm³/mol. The number of nitrogens with zero attached hydrogens (tertiary/aromatic N) is 2. The molecule has 3 rings (SSSR count). The summed E-state index contributed by atoms with van der Waals surface area (Å²) < 4.78 is 5.39. The van der Waals surface area contributed by atoms with Gasteiger partial charge in [-0.05, 0) is 55.5 Å². The first-order valence-electron chi connectivity index (χ1n) is 8.44. The molecular formula is C21H18N4O2. The fourth-order valence-corrected chi connectivity index (χ4v) is 2.47. The second kappa shape index (κ2) is 8.50. The molecule has 27 heavy (non-hydrogen) atoms. The highest BCUT2D eigenvalue weighted by Crippen LogP contribution is 2.19. The number of amides is 1. The van der Waals surface area contributed by atoms with Gasteiger partial charge in [-0.3, -0.25) is 9.78 Å². The lowest BCUT2D eigenvalue weighted by atomic mass is 10.2. The normalized spacial score (nSPS) is 9.93. The summed E-state index contributed by atoms with van der Waals surface area (Å²) in [7, 11) is 0. The van der Waals surface area contributed by atoms with E-state index in [1.165, 1.54) is 6.20 Å². The molecule has 6 nitrogen and oxygen atoms in total. The fourth-order valence-electron chi connectivity index (χ4n) is 2.47. The van der Waals surface area contributed by atoms with Gasteiger partial charge in [0.2, 0.25) is 0 Å². The van der Waals surface area contributed by atoms with Crippen LogP contribution in [0.2, 0.25) is 0 Å². The molecule has 0 aliphatic heterocycles. The van der Waals surface area contributed by atoms with Crippen molar-refractivity contribution in [3.05, 3.63) is 78.1 Å². The van der Waals surface area contributed by atoms with Gasteiger partial charge in [-0.15, -0.1) is 0 Å². The van der Waals surface area contributed by atoms with Gasteiger partial charge in [0, 0.05) is 17.6 Å². The number of anilines is 3. The molecule has 0 aliphatic carbocycles. The SMILES string of the molecule is CCOc1ccc(NC(=O)c2cncc(Nc3cccc(C#N)c3)c2)cc1. The van der Waals surface area contributed by atoms with Crippen molar-refractivity contribution < 1.29 is 9.53 Å². The van der Waals surface area contributed by atoms with E-state index in [1.807, 2.05) is 13.0 Å². The zero-order valence-corrected chi connectivity index (χ0v) is 14.8. The number of hydrogen-bond donors (Lipinski definition) is 2. The van der Waals surface area contributed by atoms with Crippen molar-refractivity contribution in [1.82, 2.24) is 4.98 Å². The van der Waals surface area contributed by atoms with E-state index in [4.69, 9.17) is 10.00 Å². The van der Waals surface area contributed by atoms with Gasteiger partial charge in [0.15, 0.2) is 0 Å². The lowest BCUT2D eigenvalue weighted by Crippen LogP contribution is -2.12. The highest BCUT2D eigenvalue weighted by atomic mass is 16.5. The summed E-state index contributed by atoms with van der Waals surface area (Å²) in [5, 5.41) is 15.0. The third kappa shape index (κ3) is 4.83. The number of pyridine rings is 1. The lowest BCUT2D eigenvalue weighted by molar-refractivity contribution is 0.102. The quantitative estimate of drug-likeness (QED) is 0.684. The lowest BCUT2D eigenvalue weighted by Gasteiger charge is -2.09. The molecule has 134 valence electrons. The van der Waals surface area contributed by atoms with E-state index in [0.717, 1.165) is 11.4 Å². The molecule has 0 unspecified atom stereocenters. The predicted octanol–water partition coefficient (Wildman–Crippen LogP) is 4.35. The summed E-state index contributed by atoms with van der Waals surface area (Å²) in [5.41, 5.74) is 3.05. The second-order valence-corrected chi connectivity index (χ2v) is 5.69. The number of rotatable bonds is 6. The van der Waals surface area contributed by atoms with Crippen molar-refractivity contribution in [2.75, 3.05) is 17.2 Å². The average Bonchev–Trinajstić information content (AvgIpc) is 2.70. The first-order valence-corrected chi connectivity index (χ1v) is 8.44. The molecule has 0 atom stereocenters. The monoisotopic (exact) mass is 358 g/mol. The molecule has 0 spiro atoms. The number of nitriles is 1. The molecule has 0 fully saturated rings. The van der Waals surface area contributed by atoms with Crippen molar-refractivity contribution in [1.29, 1.82) is 5.26 Å². The Morgan fingerprint density at radius 2 is 1.89 bits per heavy atom. The molecule has 2 aromatic carbocycles. The molecule has 1 heterocycles. The Kier molecular flexibility index (Phi) is 5.65. The number of carbonyl (C=O) groups excluding carboxylic acids is 1. The maximum absolute atomic E-state index is 12.5. The number of nitrogens with one attached hydrogen (secondary N) is 2. The van der Waals surface area contributed by atoms with Crippen LogP contribution in [0.5, 0.6) is 5.75 Å². The Balaban J connectivity index is 1.70. The van der Waals surface area contributed by atoms with Crippen LogP contribution in [-0.4, -0.2) is 17.5 Å². The molecule has 0 radical (unpaired) electrons. The number of aromatic nitrogens is 1. The highest BCUT2D eigenvalue weighted by molar-refractivity contribution is 6.04. The standard InChI is InChI=1S/C21H18N4O2/c1-2-27-20-8-6-17(7-9-20)25-21(26)16-11-19(14-23-13-16)24-18-5-3-4-15(10-18)12-22/h3-11,13-14,24H,2H2,1H3,(H,25,26). The third-order valence-corrected chi connectivity index (χ3v) is 3.70. The summed E-state index contributed by atoms with van der Waals surface area (Å²) in [6.45, 7) is 2.51. The third-order valence-electron chi connectivity index (χ3n) is 3.70. The van der Waals surface area contributed by atoms with E-state index in [1.54, 1.807) is 54.7 Å². The Labute approximate surface area is 157 Å². The van der Waals surface area contributed by atoms with E-state index >= 15 is 0 Å². The van der Waals surface area contributed by atoms with Gasteiger partial charge in [-0.2, -0.15) is 5.26 Å². The zero-order valence-electron chi connectivity index (χ0n) is 14.8. The number of benzene rings is 2. The van der Waals surface area contributed by atoms with Gasteiger partial charge >= 0.3 is 0 Å². The Bertz CT molecular complexity index is 978. The highest BCUT2D eigenvalue weighted by Gasteiger charge is 2.08. The molecule has 0 aliphatic rings. The fraction of sp³-hybridized carbons (Fsp3) is 0.0952. The second-order valence-electron chi connectivity index (χ2n) is 5.69. The molecule has 3 aromatic rings. The van der Waals surface area contributed by atoms with Crippen LogP contribution in [0.15, 0.2) is 67.0 Å². The molecule has 0 bridgehead atoms. The van der Waals surface area contributed by atoms with Gasteiger partial charge in [0.1, 0.15) is 5.75 Å². The number of hydrogen-bond acceptors (Lipinski definition) is 5. The van der Waals surface area contributed by atoms with Gasteiger partial charge in [-0.25, -0.2) is 0 Å². The minimum atomic E-state index is -0.263. The topological polar surface area (TPSA) is 87.0 Å². The zero-order chi connectivity index (χ0) is 19.1. The van der Waals surface area contributed by atoms with Crippen LogP contribution in [0, 0.1) is 11.3 Å². The molecule has 1 amide bonds. The Hall–Kier alpha value is -3.85. The van der Waals surface area contributed by atoms with Crippen molar-refractivity contribution in [2.24, 2.45) is 0 Å². The van der Waals surface area contributed by atoms with Gasteiger partial charge in [-0.1, -0.05) is 6.07 Å². The molecule has 2 N–H and O–H groups in total. The molecule has 0 saturated carbocycles. The summed E-state index contributed by atoms with van der Waals surface area (Å²) in [5.74, 6) is 0.490. The first kappa shape index (κ1) is 18.0. The van der Waals surface area contributed by atoms with Crippen LogP contribution >= 0.6 is 0 Å². The van der Waals surface area contributed by atoms with Crippen molar-refractivity contribution in [2.45, 2.75) is 6.92 Å². The first-order chi connectivity index (χ1) is 13.2. The average molecular weight is 358 g/mol. The summed E-state index contributed by atoms with van der Waals surface area (Å²) in [6.07, 6.45) is 3.12. The largest absolute Gasteiger partial charge is 0.494 e. The number of ether oxygens (including phenoxy) is 1. The maximum atomic E-state index is 12.5. The smallest absolute Gasteiger partial charge is 0.257 e. The van der Waals surface area contributed by atoms with Crippen LogP contribution in [0.4, 0.5) is 17.1 Å². The van der Waals surface area contributed by atoms with Gasteiger partial charge in [0.25, 0.3) is 5.91 Å². The molecular weight excluding hydrogens is 340 g/mol. The van der Waals surface area contributed by atoms with Crippen LogP contribution < -0.4 is 15.4 Å². The van der Waals surface area contributed by atoms with Crippen LogP contribution in [0.25, 0.3) is 0 Å². The van der Waals surface area contributed by atoms with Crippen molar-refractivity contribution in [3.63, 3.8) is 0 Å². The summed E-state index contributed by atoms with van der Waals surface area (Å²) in [4.78, 5) is 16.6. The van der Waals surface area contributed by atoms with Gasteiger partial charge < -0.3 is 15.4 Å². The number of carbonyl (C=O) groups is 1. The Morgan fingerprint density at radius 3 is 2.63 bits per heavy atom. The van der Waals surface area contributed by atoms with E-state index in [2.05, 4.69) is 21.7 Å². The van der Waals surface area contributed by atoms with Crippen LogP contribution in [0.1, 0.15) is 22.8 Å². The van der Waals surface area contributed by atoms with E-state index in [9.17, 15) is 4.79 Å². The van der Waals surface area contributed by atoms with Crippen LogP contribution in [-0.2, 0) is 0 Å². The van der Waals surface area contributed by atoms with E-state index < -0.39 is 0 Å². The molecule has 6 heteroatoms. The maximum Gasteiger partial charge on any atom is 0.257 e. The molecule has 0 saturated heterocycles. The minimum Gasteiger partial charge on any atom is -0.494 e. The Morgan fingerprint density at radius 1 is 1.07 bits per heavy atom. The van der Waals surface area contributed by atoms with Crippen molar-refractivity contribution in [3.8, 4) is 11.8 Å². The molecule has 1 aromatic heterocycles. The van der Waals surface area contributed by atoms with E-state index in [0.29, 0.717) is 29.1 Å². The summed E-state index contributed by atoms with van der Waals surface area (Å²) in [6, 6.07) is 18.1. The van der Waals surface area contributed by atoms with Gasteiger partial charge in [0.05, 0.1) is 35.7 Å². The summed E-state index contributed by atoms with van der Waals surface area (Å²) >= 11 is 0.